The molecule has 7 heteroatoms. The smallest absolute Gasteiger partial charge is 0.221 e. The van der Waals surface area contributed by atoms with Crippen molar-refractivity contribution >= 4 is 17.7 Å². The van der Waals surface area contributed by atoms with Gasteiger partial charge in [-0.25, -0.2) is 14.1 Å². The molecule has 0 radical (unpaired) electrons. The van der Waals surface area contributed by atoms with Gasteiger partial charge in [0.1, 0.15) is 0 Å². The van der Waals surface area contributed by atoms with E-state index in [-0.39, 0.29) is 23.1 Å². The quantitative estimate of drug-likeness (QED) is 0.938. The van der Waals surface area contributed by atoms with E-state index in [1.54, 1.807) is 4.68 Å². The molecule has 2 N–H and O–H groups in total. The predicted octanol–water partition coefficient (Wildman–Crippen LogP) is 2.25. The summed E-state index contributed by atoms with van der Waals surface area (Å²) in [5.41, 5.74) is 6.31. The average molecular weight is 318 g/mol. The Hall–Kier alpha value is -1.89. The molecule has 4 atom stereocenters. The fraction of sp³-hybridized carbons (Fsp3) is 0.400. The first-order valence-electron chi connectivity index (χ1n) is 7.25. The molecule has 0 saturated heterocycles. The minimum Gasteiger partial charge on any atom is -0.369 e. The second-order valence-corrected chi connectivity index (χ2v) is 6.93. The number of hydrogen-bond donors (Lipinski definition) is 1. The lowest BCUT2D eigenvalue weighted by Gasteiger charge is -2.11. The number of rotatable bonds is 4. The summed E-state index contributed by atoms with van der Waals surface area (Å²) in [6.45, 7) is 0. The van der Waals surface area contributed by atoms with Crippen LogP contribution in [0, 0.1) is 5.92 Å². The Balaban J connectivity index is 1.57. The minimum atomic E-state index is -1.10. The molecule has 1 fully saturated rings. The van der Waals surface area contributed by atoms with E-state index in [4.69, 9.17) is 5.73 Å². The van der Waals surface area contributed by atoms with Crippen LogP contribution in [-0.2, 0) is 4.79 Å². The van der Waals surface area contributed by atoms with Crippen molar-refractivity contribution in [1.82, 2.24) is 14.8 Å². The number of fused-ring (bicyclic) bond motifs is 1. The number of hydrogen-bond acceptors (Lipinski definition) is 4. The first-order valence-corrected chi connectivity index (χ1v) is 8.13. The summed E-state index contributed by atoms with van der Waals surface area (Å²) in [5, 5.41) is 5.12. The van der Waals surface area contributed by atoms with Crippen LogP contribution >= 0.6 is 11.8 Å². The van der Waals surface area contributed by atoms with E-state index in [0.717, 1.165) is 12.0 Å². The molecule has 0 unspecified atom stereocenters. The van der Waals surface area contributed by atoms with Crippen LogP contribution in [0.1, 0.15) is 36.4 Å². The number of amides is 1. The van der Waals surface area contributed by atoms with Crippen molar-refractivity contribution in [2.75, 3.05) is 0 Å². The summed E-state index contributed by atoms with van der Waals surface area (Å²) in [7, 11) is 0. The maximum absolute atomic E-state index is 14.2. The number of carbonyl (C=O) groups excluding carboxylic acids is 1. The number of alkyl halides is 1. The Bertz CT molecular complexity index is 720. The molecule has 1 amide bonds. The molecule has 2 aromatic rings. The predicted molar refractivity (Wildman–Crippen MR) is 80.0 cm³/mol. The Morgan fingerprint density at radius 3 is 2.77 bits per heavy atom. The van der Waals surface area contributed by atoms with Gasteiger partial charge in [0.25, 0.3) is 0 Å². The minimum absolute atomic E-state index is 0.102. The Morgan fingerprint density at radius 2 is 2.09 bits per heavy atom. The van der Waals surface area contributed by atoms with Crippen LogP contribution in [0.4, 0.5) is 4.39 Å². The topological polar surface area (TPSA) is 73.8 Å². The van der Waals surface area contributed by atoms with Gasteiger partial charge in [0.15, 0.2) is 12.0 Å². The Morgan fingerprint density at radius 1 is 1.32 bits per heavy atom. The van der Waals surface area contributed by atoms with E-state index < -0.39 is 6.17 Å². The molecule has 1 aliphatic carbocycles. The van der Waals surface area contributed by atoms with Crippen LogP contribution in [0.3, 0.4) is 0 Å². The van der Waals surface area contributed by atoms with Gasteiger partial charge in [-0.3, -0.25) is 4.79 Å². The highest BCUT2D eigenvalue weighted by molar-refractivity contribution is 8.00. The van der Waals surface area contributed by atoms with Crippen molar-refractivity contribution in [3.63, 3.8) is 0 Å². The van der Waals surface area contributed by atoms with Crippen molar-refractivity contribution in [2.45, 2.75) is 35.5 Å². The second kappa shape index (κ2) is 5.08. The number of nitrogens with zero attached hydrogens (tertiary/aromatic N) is 3. The SMILES string of the molecule is NC(=O)[C@@H]1C[C@H]1Sc1nc2n(n1)[C@H](c1ccccc1)C[C@@H]2F. The zero-order chi connectivity index (χ0) is 15.3. The van der Waals surface area contributed by atoms with Crippen molar-refractivity contribution < 1.29 is 9.18 Å². The Labute approximate surface area is 131 Å². The second-order valence-electron chi connectivity index (χ2n) is 5.73. The Kier molecular flexibility index (Phi) is 3.18. The van der Waals surface area contributed by atoms with Crippen molar-refractivity contribution in [3.05, 3.63) is 41.7 Å². The highest BCUT2D eigenvalue weighted by Crippen LogP contribution is 2.46. The molecule has 22 heavy (non-hydrogen) atoms. The summed E-state index contributed by atoms with van der Waals surface area (Å²) >= 11 is 1.42. The van der Waals surface area contributed by atoms with Crippen molar-refractivity contribution in [1.29, 1.82) is 0 Å². The van der Waals surface area contributed by atoms with Gasteiger partial charge in [-0.05, 0) is 12.0 Å². The van der Waals surface area contributed by atoms with E-state index in [0.29, 0.717) is 17.4 Å². The van der Waals surface area contributed by atoms with Gasteiger partial charge in [-0.1, -0.05) is 42.1 Å². The maximum Gasteiger partial charge on any atom is 0.221 e. The van der Waals surface area contributed by atoms with Crippen LogP contribution in [0.15, 0.2) is 35.5 Å². The van der Waals surface area contributed by atoms with E-state index >= 15 is 0 Å². The van der Waals surface area contributed by atoms with Gasteiger partial charge in [0.2, 0.25) is 11.1 Å². The number of carbonyl (C=O) groups is 1. The summed E-state index contributed by atoms with van der Waals surface area (Å²) in [5.74, 6) is -0.00292. The molecule has 2 aliphatic rings. The molecule has 4 rings (SSSR count). The van der Waals surface area contributed by atoms with Gasteiger partial charge in [-0.15, -0.1) is 5.10 Å². The van der Waals surface area contributed by atoms with Crippen molar-refractivity contribution in [2.24, 2.45) is 11.7 Å². The number of benzene rings is 1. The lowest BCUT2D eigenvalue weighted by atomic mass is 10.0. The fourth-order valence-corrected chi connectivity index (χ4v) is 4.05. The van der Waals surface area contributed by atoms with E-state index in [2.05, 4.69) is 10.1 Å². The number of thioether (sulfide) groups is 1. The number of primary amides is 1. The van der Waals surface area contributed by atoms with Gasteiger partial charge < -0.3 is 5.73 Å². The molecular weight excluding hydrogens is 303 g/mol. The van der Waals surface area contributed by atoms with Crippen LogP contribution in [-0.4, -0.2) is 25.9 Å². The molecule has 114 valence electrons. The average Bonchev–Trinajstić information content (AvgIpc) is 3.05. The van der Waals surface area contributed by atoms with Gasteiger partial charge in [0.05, 0.1) is 12.0 Å². The highest BCUT2D eigenvalue weighted by atomic mass is 32.2. The van der Waals surface area contributed by atoms with Gasteiger partial charge in [-0.2, -0.15) is 0 Å². The standard InChI is InChI=1S/C15H15FN4OS/c16-10-7-11(8-4-2-1-3-5-8)20-14(10)18-15(19-20)22-12-6-9(12)13(17)21/h1-5,9-12H,6-7H2,(H2,17,21)/t9-,10+,11+,12-/m1/s1. The number of halogens is 1. The fourth-order valence-electron chi connectivity index (χ4n) is 2.90. The zero-order valence-electron chi connectivity index (χ0n) is 11.7. The number of aromatic nitrogens is 3. The van der Waals surface area contributed by atoms with Crippen LogP contribution in [0.25, 0.3) is 0 Å². The molecule has 1 saturated carbocycles. The van der Waals surface area contributed by atoms with Crippen molar-refractivity contribution in [3.8, 4) is 0 Å². The summed E-state index contributed by atoms with van der Waals surface area (Å²) in [4.78, 5) is 15.4. The molecule has 2 heterocycles. The molecule has 1 aliphatic heterocycles. The highest BCUT2D eigenvalue weighted by Gasteiger charge is 2.44. The largest absolute Gasteiger partial charge is 0.369 e. The zero-order valence-corrected chi connectivity index (χ0v) is 12.5. The molecule has 0 spiro atoms. The maximum atomic E-state index is 14.2. The first kappa shape index (κ1) is 13.8. The summed E-state index contributed by atoms with van der Waals surface area (Å²) < 4.78 is 15.9. The van der Waals surface area contributed by atoms with Gasteiger partial charge >= 0.3 is 0 Å². The molecular formula is C15H15FN4OS. The first-order chi connectivity index (χ1) is 10.6. The monoisotopic (exact) mass is 318 g/mol. The number of nitrogens with two attached hydrogens (primary N) is 1. The lowest BCUT2D eigenvalue weighted by molar-refractivity contribution is -0.119. The third-order valence-electron chi connectivity index (χ3n) is 4.18. The van der Waals surface area contributed by atoms with Crippen LogP contribution in [0.2, 0.25) is 0 Å². The van der Waals surface area contributed by atoms with Crippen LogP contribution in [0.5, 0.6) is 0 Å². The van der Waals surface area contributed by atoms with Crippen LogP contribution < -0.4 is 5.73 Å². The van der Waals surface area contributed by atoms with E-state index in [1.807, 2.05) is 30.3 Å². The molecule has 5 nitrogen and oxygen atoms in total. The third-order valence-corrected chi connectivity index (χ3v) is 5.39. The third kappa shape index (κ3) is 2.29. The lowest BCUT2D eigenvalue weighted by Crippen LogP contribution is -2.14. The van der Waals surface area contributed by atoms with E-state index in [9.17, 15) is 9.18 Å². The van der Waals surface area contributed by atoms with Gasteiger partial charge in [0, 0.05) is 11.7 Å². The summed E-state index contributed by atoms with van der Waals surface area (Å²) in [6.07, 6.45) is 0.0288. The molecule has 0 bridgehead atoms. The normalized spacial score (nSPS) is 29.3. The molecule has 1 aromatic carbocycles. The molecule has 1 aromatic heterocycles. The summed E-state index contributed by atoms with van der Waals surface area (Å²) in [6, 6.07) is 9.66. The van der Waals surface area contributed by atoms with E-state index in [1.165, 1.54) is 11.8 Å².